The Labute approximate surface area is 96.3 Å². The van der Waals surface area contributed by atoms with E-state index in [-0.39, 0.29) is 5.41 Å². The minimum Gasteiger partial charge on any atom is -0.380 e. The summed E-state index contributed by atoms with van der Waals surface area (Å²) in [5.41, 5.74) is 1.38. The quantitative estimate of drug-likeness (QED) is 0.545. The number of benzene rings is 1. The van der Waals surface area contributed by atoms with Gasteiger partial charge < -0.3 is 14.2 Å². The predicted molar refractivity (Wildman–Crippen MR) is 61.0 cm³/mol. The van der Waals surface area contributed by atoms with E-state index in [2.05, 4.69) is 6.92 Å². The van der Waals surface area contributed by atoms with Crippen LogP contribution in [-0.2, 0) is 20.8 Å². The number of rotatable bonds is 6. The number of ether oxygens (including phenoxy) is 3. The molecule has 3 heteroatoms. The summed E-state index contributed by atoms with van der Waals surface area (Å²) >= 11 is 0. The van der Waals surface area contributed by atoms with Crippen LogP contribution >= 0.6 is 0 Å². The molecule has 3 nitrogen and oxygen atoms in total. The second-order valence-electron chi connectivity index (χ2n) is 4.60. The van der Waals surface area contributed by atoms with Crippen molar-refractivity contribution >= 4 is 0 Å². The highest BCUT2D eigenvalue weighted by molar-refractivity contribution is 5.13. The van der Waals surface area contributed by atoms with Gasteiger partial charge in [0.15, 0.2) is 0 Å². The molecule has 0 aromatic heterocycles. The topological polar surface area (TPSA) is 27.7 Å². The van der Waals surface area contributed by atoms with Crippen molar-refractivity contribution in [2.24, 2.45) is 5.41 Å². The second-order valence-corrected chi connectivity index (χ2v) is 4.60. The van der Waals surface area contributed by atoms with Gasteiger partial charge >= 0.3 is 0 Å². The fourth-order valence-corrected chi connectivity index (χ4v) is 1.61. The molecule has 1 fully saturated rings. The van der Waals surface area contributed by atoms with E-state index in [4.69, 9.17) is 14.2 Å². The summed E-state index contributed by atoms with van der Waals surface area (Å²) < 4.78 is 16.0. The Bertz CT molecular complexity index is 306. The minimum atomic E-state index is 0.204. The van der Waals surface area contributed by atoms with E-state index in [1.165, 1.54) is 5.56 Å². The van der Waals surface area contributed by atoms with E-state index in [1.54, 1.807) is 0 Å². The first-order valence-electron chi connectivity index (χ1n) is 5.56. The zero-order valence-corrected chi connectivity index (χ0v) is 9.65. The average molecular weight is 222 g/mol. The van der Waals surface area contributed by atoms with Gasteiger partial charge in [-0.1, -0.05) is 37.3 Å². The third kappa shape index (κ3) is 3.30. The summed E-state index contributed by atoms with van der Waals surface area (Å²) in [6, 6.07) is 10.1. The molecule has 1 aromatic rings. The third-order valence-electron chi connectivity index (χ3n) is 2.63. The van der Waals surface area contributed by atoms with Gasteiger partial charge in [-0.2, -0.15) is 0 Å². The Morgan fingerprint density at radius 2 is 1.94 bits per heavy atom. The van der Waals surface area contributed by atoms with Crippen LogP contribution in [0.4, 0.5) is 0 Å². The fraction of sp³-hybridized carbons (Fsp3) is 0.538. The molecule has 1 aromatic carbocycles. The molecule has 2 rings (SSSR count). The Balaban J connectivity index is 1.55. The van der Waals surface area contributed by atoms with Crippen LogP contribution in [-0.4, -0.2) is 26.6 Å². The summed E-state index contributed by atoms with van der Waals surface area (Å²) in [7, 11) is 0. The van der Waals surface area contributed by atoms with E-state index in [9.17, 15) is 0 Å². The zero-order valence-electron chi connectivity index (χ0n) is 9.65. The normalized spacial score (nSPS) is 18.1. The van der Waals surface area contributed by atoms with Gasteiger partial charge in [-0.05, 0) is 5.56 Å². The van der Waals surface area contributed by atoms with E-state index < -0.39 is 0 Å². The van der Waals surface area contributed by atoms with Crippen LogP contribution in [0.15, 0.2) is 30.3 Å². The monoisotopic (exact) mass is 222 g/mol. The molecule has 16 heavy (non-hydrogen) atoms. The predicted octanol–water partition coefficient (Wildman–Crippen LogP) is 2.21. The highest BCUT2D eigenvalue weighted by Crippen LogP contribution is 2.26. The third-order valence-corrected chi connectivity index (χ3v) is 2.63. The maximum Gasteiger partial charge on any atom is 0.147 e. The van der Waals surface area contributed by atoms with Gasteiger partial charge in [0.1, 0.15) is 6.79 Å². The second kappa shape index (κ2) is 5.43. The van der Waals surface area contributed by atoms with Gasteiger partial charge in [-0.15, -0.1) is 0 Å². The van der Waals surface area contributed by atoms with Crippen molar-refractivity contribution in [3.63, 3.8) is 0 Å². The Morgan fingerprint density at radius 1 is 1.19 bits per heavy atom. The summed E-state index contributed by atoms with van der Waals surface area (Å²) in [5.74, 6) is 0. The van der Waals surface area contributed by atoms with Crippen LogP contribution in [0.25, 0.3) is 0 Å². The maximum atomic E-state index is 5.46. The molecular weight excluding hydrogens is 204 g/mol. The molecule has 0 atom stereocenters. The van der Waals surface area contributed by atoms with Crippen LogP contribution in [0.3, 0.4) is 0 Å². The average Bonchev–Trinajstić information content (AvgIpc) is 2.28. The van der Waals surface area contributed by atoms with Gasteiger partial charge in [-0.3, -0.25) is 0 Å². The molecule has 0 bridgehead atoms. The van der Waals surface area contributed by atoms with E-state index in [0.29, 0.717) is 20.0 Å². The van der Waals surface area contributed by atoms with Crippen molar-refractivity contribution in [1.29, 1.82) is 0 Å². The van der Waals surface area contributed by atoms with Crippen LogP contribution in [0.1, 0.15) is 12.5 Å². The minimum absolute atomic E-state index is 0.204. The standard InChI is InChI=1S/C13H18O3/c1-13(8-15-9-13)10-16-11-14-7-12-5-3-2-4-6-12/h2-6H,7-11H2,1H3. The lowest BCUT2D eigenvalue weighted by Gasteiger charge is -2.37. The lowest BCUT2D eigenvalue weighted by atomic mass is 9.90. The SMILES string of the molecule is CC1(COCOCc2ccccc2)COC1. The summed E-state index contributed by atoms with van der Waals surface area (Å²) in [6.45, 7) is 5.42. The largest absolute Gasteiger partial charge is 0.380 e. The van der Waals surface area contributed by atoms with Crippen molar-refractivity contribution in [2.75, 3.05) is 26.6 Å². The molecule has 1 aliphatic heterocycles. The molecule has 1 aliphatic rings. The van der Waals surface area contributed by atoms with Crippen LogP contribution < -0.4 is 0 Å². The number of hydrogen-bond donors (Lipinski definition) is 0. The van der Waals surface area contributed by atoms with Gasteiger partial charge in [-0.25, -0.2) is 0 Å². The molecule has 0 saturated carbocycles. The molecule has 1 saturated heterocycles. The molecule has 0 unspecified atom stereocenters. The molecule has 1 heterocycles. The lowest BCUT2D eigenvalue weighted by molar-refractivity contribution is -0.164. The van der Waals surface area contributed by atoms with Gasteiger partial charge in [0.05, 0.1) is 26.4 Å². The van der Waals surface area contributed by atoms with Crippen molar-refractivity contribution in [2.45, 2.75) is 13.5 Å². The van der Waals surface area contributed by atoms with Gasteiger partial charge in [0.2, 0.25) is 0 Å². The van der Waals surface area contributed by atoms with Gasteiger partial charge in [0.25, 0.3) is 0 Å². The lowest BCUT2D eigenvalue weighted by Crippen LogP contribution is -2.43. The fourth-order valence-electron chi connectivity index (χ4n) is 1.61. The highest BCUT2D eigenvalue weighted by Gasteiger charge is 2.33. The maximum absolute atomic E-state index is 5.46. The first-order valence-corrected chi connectivity index (χ1v) is 5.56. The van der Waals surface area contributed by atoms with E-state index >= 15 is 0 Å². The van der Waals surface area contributed by atoms with Crippen molar-refractivity contribution in [3.05, 3.63) is 35.9 Å². The van der Waals surface area contributed by atoms with Crippen molar-refractivity contribution in [1.82, 2.24) is 0 Å². The van der Waals surface area contributed by atoms with E-state index in [1.807, 2.05) is 30.3 Å². The highest BCUT2D eigenvalue weighted by atomic mass is 16.7. The van der Waals surface area contributed by atoms with Gasteiger partial charge in [0, 0.05) is 5.41 Å². The van der Waals surface area contributed by atoms with Crippen molar-refractivity contribution in [3.8, 4) is 0 Å². The Kier molecular flexibility index (Phi) is 3.93. The number of hydrogen-bond acceptors (Lipinski definition) is 3. The smallest absolute Gasteiger partial charge is 0.147 e. The van der Waals surface area contributed by atoms with Crippen LogP contribution in [0.2, 0.25) is 0 Å². The Morgan fingerprint density at radius 3 is 2.56 bits per heavy atom. The summed E-state index contributed by atoms with van der Waals surface area (Å²) in [4.78, 5) is 0. The van der Waals surface area contributed by atoms with Crippen LogP contribution in [0, 0.1) is 5.41 Å². The van der Waals surface area contributed by atoms with Crippen LogP contribution in [0.5, 0.6) is 0 Å². The summed E-state index contributed by atoms with van der Waals surface area (Å²) in [6.07, 6.45) is 0. The Hall–Kier alpha value is -0.900. The molecule has 0 aliphatic carbocycles. The molecule has 0 amide bonds. The van der Waals surface area contributed by atoms with E-state index in [0.717, 1.165) is 13.2 Å². The molecule has 0 radical (unpaired) electrons. The zero-order chi connectivity index (χ0) is 11.3. The molecule has 0 N–H and O–H groups in total. The molecular formula is C13H18O3. The summed E-state index contributed by atoms with van der Waals surface area (Å²) in [5, 5.41) is 0. The van der Waals surface area contributed by atoms with Crippen molar-refractivity contribution < 1.29 is 14.2 Å². The first kappa shape index (κ1) is 11.6. The molecule has 88 valence electrons. The molecule has 0 spiro atoms. The first-order chi connectivity index (χ1) is 7.79.